The molecule has 3 atom stereocenters. The Morgan fingerprint density at radius 3 is 1.68 bits per heavy atom. The number of carbonyl (C=O) groups excluding carboxylic acids is 2. The van der Waals surface area contributed by atoms with Gasteiger partial charge in [-0.3, -0.25) is 9.59 Å². The third-order valence-electron chi connectivity index (χ3n) is 3.60. The fourth-order valence-electron chi connectivity index (χ4n) is 2.37. The highest BCUT2D eigenvalue weighted by molar-refractivity contribution is 5.96. The number of carbonyl (C=O) groups is 2. The van der Waals surface area contributed by atoms with Crippen LogP contribution in [0.1, 0.15) is 26.7 Å². The van der Waals surface area contributed by atoms with Crippen LogP contribution in [-0.4, -0.2) is 11.9 Å². The molecule has 0 bridgehead atoms. The normalized spacial score (nSPS) is 16.2. The summed E-state index contributed by atoms with van der Waals surface area (Å²) in [6.07, 6.45) is 6.08. The molecule has 3 nitrogen and oxygen atoms in total. The zero-order valence-corrected chi connectivity index (χ0v) is 15.4. The van der Waals surface area contributed by atoms with Crippen molar-refractivity contribution in [2.45, 2.75) is 26.7 Å². The zero-order valence-electron chi connectivity index (χ0n) is 15.4. The molecule has 0 aromatic heterocycles. The summed E-state index contributed by atoms with van der Waals surface area (Å²) in [5.41, 5.74) is 0. The van der Waals surface area contributed by atoms with E-state index in [1.807, 2.05) is 13.8 Å². The molecule has 0 aromatic rings. The Bertz CT molecular complexity index is 1110. The van der Waals surface area contributed by atoms with E-state index in [0.29, 0.717) is 12.8 Å². The van der Waals surface area contributed by atoms with Gasteiger partial charge >= 0.3 is 11.9 Å². The van der Waals surface area contributed by atoms with Crippen molar-refractivity contribution in [1.82, 2.24) is 0 Å². The van der Waals surface area contributed by atoms with Gasteiger partial charge in [-0.2, -0.15) is 0 Å². The van der Waals surface area contributed by atoms with Gasteiger partial charge in [0, 0.05) is 5.92 Å². The number of hydrogen-bond acceptors (Lipinski definition) is 3. The van der Waals surface area contributed by atoms with Gasteiger partial charge in [0.1, 0.15) is 0 Å². The van der Waals surface area contributed by atoms with Crippen LogP contribution in [0.15, 0.2) is 0 Å². The lowest BCUT2D eigenvalue weighted by Gasteiger charge is -2.16. The van der Waals surface area contributed by atoms with Crippen LogP contribution >= 0.6 is 0 Å². The Hall–Kier alpha value is -4.38. The van der Waals surface area contributed by atoms with E-state index in [1.165, 1.54) is 0 Å². The molecule has 0 radical (unpaired) electrons. The highest BCUT2D eigenvalue weighted by atomic mass is 16.6. The predicted molar refractivity (Wildman–Crippen MR) is 105 cm³/mol. The van der Waals surface area contributed by atoms with E-state index in [-0.39, 0.29) is 5.92 Å². The summed E-state index contributed by atoms with van der Waals surface area (Å²) in [5, 5.41) is 0. The molecule has 132 valence electrons. The number of cyclic esters (lactones) is 2. The van der Waals surface area contributed by atoms with Crippen LogP contribution in [0.25, 0.3) is 0 Å². The summed E-state index contributed by atoms with van der Waals surface area (Å²) >= 11 is 0. The van der Waals surface area contributed by atoms with Gasteiger partial charge in [-0.25, -0.2) is 0 Å². The molecule has 0 aliphatic carbocycles. The van der Waals surface area contributed by atoms with Gasteiger partial charge in [-0.1, -0.05) is 19.8 Å². The molecule has 0 amide bonds. The van der Waals surface area contributed by atoms with Crippen molar-refractivity contribution in [2.75, 3.05) is 0 Å². The second kappa shape index (κ2) is 12.9. The lowest BCUT2D eigenvalue weighted by molar-refractivity contribution is -0.154. The Morgan fingerprint density at radius 2 is 1.25 bits per heavy atom. The lowest BCUT2D eigenvalue weighted by Crippen LogP contribution is -2.25. The molecule has 0 saturated carbocycles. The maximum atomic E-state index is 11.9. The smallest absolute Gasteiger partial charge is 0.318 e. The number of ether oxygens (including phenoxy) is 1. The Labute approximate surface area is 166 Å². The molecule has 3 heteroatoms. The van der Waals surface area contributed by atoms with Crippen molar-refractivity contribution >= 4 is 11.9 Å². The Balaban J connectivity index is 2.68. The summed E-state index contributed by atoms with van der Waals surface area (Å²) in [4.78, 5) is 23.6. The monoisotopic (exact) mass is 362 g/mol. The summed E-state index contributed by atoms with van der Waals surface area (Å²) in [5.74, 6) is 35.2. The van der Waals surface area contributed by atoms with E-state index >= 15 is 0 Å². The van der Waals surface area contributed by atoms with Crippen LogP contribution in [0.3, 0.4) is 0 Å². The number of hydrogen-bond donors (Lipinski definition) is 0. The SMILES string of the molecule is C#CC#CC#CC#CC#CC#CC#CC#CC(CC)C1C(=O)OC(=O)C1CC. The molecule has 1 saturated heterocycles. The van der Waals surface area contributed by atoms with Crippen LogP contribution in [0.5, 0.6) is 0 Å². The summed E-state index contributed by atoms with van der Waals surface area (Å²) < 4.78 is 4.73. The first kappa shape index (κ1) is 21.7. The van der Waals surface area contributed by atoms with Crippen LogP contribution in [-0.2, 0) is 14.3 Å². The number of esters is 2. The van der Waals surface area contributed by atoms with Crippen LogP contribution in [0.4, 0.5) is 0 Å². The Kier molecular flexibility index (Phi) is 9.99. The molecular weight excluding hydrogens is 348 g/mol. The third kappa shape index (κ3) is 7.25. The summed E-state index contributed by atoms with van der Waals surface area (Å²) in [6.45, 7) is 3.75. The van der Waals surface area contributed by atoms with Gasteiger partial charge in [0.2, 0.25) is 0 Å². The second-order valence-electron chi connectivity index (χ2n) is 5.21. The first-order chi connectivity index (χ1) is 13.7. The largest absolute Gasteiger partial charge is 0.393 e. The highest BCUT2D eigenvalue weighted by Crippen LogP contribution is 2.33. The molecular formula is C25H14O3. The van der Waals surface area contributed by atoms with Crippen molar-refractivity contribution in [3.63, 3.8) is 0 Å². The van der Waals surface area contributed by atoms with E-state index in [4.69, 9.17) is 11.2 Å². The van der Waals surface area contributed by atoms with E-state index < -0.39 is 23.8 Å². The van der Waals surface area contributed by atoms with Crippen molar-refractivity contribution in [2.24, 2.45) is 17.8 Å². The number of rotatable bonds is 3. The van der Waals surface area contributed by atoms with Crippen LogP contribution in [0, 0.1) is 113 Å². The zero-order chi connectivity index (χ0) is 20.6. The highest BCUT2D eigenvalue weighted by Gasteiger charge is 2.46. The maximum Gasteiger partial charge on any atom is 0.318 e. The first-order valence-electron chi connectivity index (χ1n) is 8.37. The van der Waals surface area contributed by atoms with E-state index in [1.54, 1.807) is 0 Å². The van der Waals surface area contributed by atoms with Gasteiger partial charge in [0.05, 0.1) is 11.8 Å². The quantitative estimate of drug-likeness (QED) is 0.433. The first-order valence-corrected chi connectivity index (χ1v) is 8.37. The average Bonchev–Trinajstić information content (AvgIpc) is 2.98. The minimum Gasteiger partial charge on any atom is -0.393 e. The molecule has 1 aliphatic heterocycles. The molecule has 28 heavy (non-hydrogen) atoms. The fourth-order valence-corrected chi connectivity index (χ4v) is 2.37. The van der Waals surface area contributed by atoms with Gasteiger partial charge in [0.25, 0.3) is 0 Å². The standard InChI is InChI=1S/C25H14O3/c1-4-7-8-9-10-11-12-13-14-15-16-17-18-19-20-21(5-2)23-22(6-3)24(26)28-25(23)27/h1,21-23H,5-6H2,2-3H3. The van der Waals surface area contributed by atoms with Crippen LogP contribution in [0.2, 0.25) is 0 Å². The molecule has 0 aromatic carbocycles. The van der Waals surface area contributed by atoms with E-state index in [9.17, 15) is 9.59 Å². The van der Waals surface area contributed by atoms with E-state index in [0.717, 1.165) is 0 Å². The van der Waals surface area contributed by atoms with Crippen molar-refractivity contribution in [3.8, 4) is 95.2 Å². The van der Waals surface area contributed by atoms with Crippen molar-refractivity contribution in [3.05, 3.63) is 0 Å². The van der Waals surface area contributed by atoms with Gasteiger partial charge in [-0.15, -0.1) is 6.42 Å². The molecule has 0 N–H and O–H groups in total. The average molecular weight is 362 g/mol. The lowest BCUT2D eigenvalue weighted by atomic mass is 9.81. The second-order valence-corrected chi connectivity index (χ2v) is 5.21. The molecule has 1 aliphatic rings. The molecule has 1 heterocycles. The van der Waals surface area contributed by atoms with Gasteiger partial charge in [0.15, 0.2) is 0 Å². The molecule has 3 unspecified atom stereocenters. The van der Waals surface area contributed by atoms with Crippen molar-refractivity contribution < 1.29 is 14.3 Å². The topological polar surface area (TPSA) is 43.4 Å². The summed E-state index contributed by atoms with van der Waals surface area (Å²) in [6, 6.07) is 0. The van der Waals surface area contributed by atoms with Gasteiger partial charge in [-0.05, 0) is 95.7 Å². The summed E-state index contributed by atoms with van der Waals surface area (Å²) in [7, 11) is 0. The number of terminal acetylenes is 1. The third-order valence-corrected chi connectivity index (χ3v) is 3.60. The molecule has 1 rings (SSSR count). The minimum absolute atomic E-state index is 0.285. The fraction of sp³-hybridized carbons (Fsp3) is 0.280. The minimum atomic E-state index is -0.534. The maximum absolute atomic E-state index is 11.9. The molecule has 1 fully saturated rings. The van der Waals surface area contributed by atoms with E-state index in [2.05, 4.69) is 88.8 Å². The Morgan fingerprint density at radius 1 is 0.786 bits per heavy atom. The molecule has 0 spiro atoms. The van der Waals surface area contributed by atoms with Crippen LogP contribution < -0.4 is 0 Å². The van der Waals surface area contributed by atoms with Gasteiger partial charge < -0.3 is 4.74 Å². The van der Waals surface area contributed by atoms with Crippen molar-refractivity contribution in [1.29, 1.82) is 0 Å². The predicted octanol–water partition coefficient (Wildman–Crippen LogP) is 1.40.